The highest BCUT2D eigenvalue weighted by Crippen LogP contribution is 2.55. The quantitative estimate of drug-likeness (QED) is 0.692. The average molecular weight is 333 g/mol. The fourth-order valence-corrected chi connectivity index (χ4v) is 5.62. The van der Waals surface area contributed by atoms with E-state index in [9.17, 15) is 9.59 Å². The molecular weight excluding hydrogens is 306 g/mol. The number of amides is 1. The van der Waals surface area contributed by atoms with Gasteiger partial charge in [0.15, 0.2) is 0 Å². The summed E-state index contributed by atoms with van der Waals surface area (Å²) < 4.78 is 11.6. The number of ether oxygens (including phenoxy) is 2. The molecule has 3 fully saturated rings. The van der Waals surface area contributed by atoms with Crippen LogP contribution in [0.4, 0.5) is 0 Å². The third-order valence-electron chi connectivity index (χ3n) is 6.46. The lowest BCUT2D eigenvalue weighted by Gasteiger charge is -2.42. The van der Waals surface area contributed by atoms with Gasteiger partial charge >= 0.3 is 5.97 Å². The van der Waals surface area contributed by atoms with Gasteiger partial charge in [0, 0.05) is 25.6 Å². The van der Waals surface area contributed by atoms with Crippen molar-refractivity contribution in [3.63, 3.8) is 0 Å². The number of fused-ring (bicyclic) bond motifs is 1. The monoisotopic (exact) mass is 333 g/mol. The van der Waals surface area contributed by atoms with Gasteiger partial charge in [-0.25, -0.2) is 0 Å². The van der Waals surface area contributed by atoms with Crippen LogP contribution in [0.15, 0.2) is 12.0 Å². The van der Waals surface area contributed by atoms with E-state index in [1.165, 1.54) is 32.6 Å². The smallest absolute Gasteiger partial charge is 0.303 e. The summed E-state index contributed by atoms with van der Waals surface area (Å²) in [5.41, 5.74) is -0.0731. The molecule has 1 spiro atoms. The zero-order valence-corrected chi connectivity index (χ0v) is 14.6. The van der Waals surface area contributed by atoms with Crippen LogP contribution in [0.25, 0.3) is 0 Å². The molecule has 2 heterocycles. The Kier molecular flexibility index (Phi) is 3.85. The van der Waals surface area contributed by atoms with Crippen LogP contribution in [-0.2, 0) is 19.1 Å². The van der Waals surface area contributed by atoms with E-state index in [-0.39, 0.29) is 35.5 Å². The van der Waals surface area contributed by atoms with Crippen molar-refractivity contribution in [2.24, 2.45) is 11.8 Å². The van der Waals surface area contributed by atoms with Crippen molar-refractivity contribution in [3.8, 4) is 0 Å². The van der Waals surface area contributed by atoms with Crippen LogP contribution in [-0.4, -0.2) is 34.5 Å². The van der Waals surface area contributed by atoms with Crippen LogP contribution in [0.5, 0.6) is 0 Å². The maximum atomic E-state index is 12.4. The molecule has 4 aliphatic rings. The van der Waals surface area contributed by atoms with Gasteiger partial charge in [-0.05, 0) is 31.6 Å². The molecule has 4 rings (SSSR count). The molecule has 0 aromatic rings. The number of carbonyl (C=O) groups excluding carboxylic acids is 2. The predicted molar refractivity (Wildman–Crippen MR) is 87.7 cm³/mol. The molecular formula is C19H27NO4. The standard InChI is InChI=1S/C19H27NO4/c1-12(21)20-11-16-17-14(9-15(24-16)18(17)23-13(2)22)10-19(20)7-5-3-4-6-8-19/h11,14-15,17-18H,3-10H2,1-2H3/t14-,15-,17-,18?/m1/s1. The largest absolute Gasteiger partial charge is 0.489 e. The fourth-order valence-electron chi connectivity index (χ4n) is 5.62. The van der Waals surface area contributed by atoms with Gasteiger partial charge in [0.1, 0.15) is 18.0 Å². The van der Waals surface area contributed by atoms with E-state index in [1.807, 2.05) is 11.1 Å². The number of nitrogens with zero attached hydrogens (tertiary/aromatic N) is 1. The fraction of sp³-hybridized carbons (Fsp3) is 0.789. The SMILES string of the molecule is CC(=O)OC1[C@H]2C3=CN(C(C)=O)C4(CCCCCC4)C[C@H]2C[C@H]1O3. The summed E-state index contributed by atoms with van der Waals surface area (Å²) in [6, 6.07) is 0. The van der Waals surface area contributed by atoms with Crippen LogP contribution >= 0.6 is 0 Å². The van der Waals surface area contributed by atoms with E-state index in [2.05, 4.69) is 0 Å². The Hall–Kier alpha value is -1.52. The minimum Gasteiger partial charge on any atom is -0.489 e. The highest BCUT2D eigenvalue weighted by atomic mass is 16.6. The molecule has 1 amide bonds. The van der Waals surface area contributed by atoms with Crippen molar-refractivity contribution in [2.75, 3.05) is 0 Å². The lowest BCUT2D eigenvalue weighted by molar-refractivity contribution is -0.148. The second-order valence-corrected chi connectivity index (χ2v) is 8.02. The first-order valence-corrected chi connectivity index (χ1v) is 9.36. The number of hydrogen-bond donors (Lipinski definition) is 0. The number of rotatable bonds is 1. The summed E-state index contributed by atoms with van der Waals surface area (Å²) in [7, 11) is 0. The van der Waals surface area contributed by atoms with Crippen molar-refractivity contribution in [1.82, 2.24) is 4.90 Å². The maximum Gasteiger partial charge on any atom is 0.303 e. The molecule has 0 N–H and O–H groups in total. The summed E-state index contributed by atoms with van der Waals surface area (Å²) in [5.74, 6) is 1.29. The third kappa shape index (κ3) is 2.44. The molecule has 0 aromatic heterocycles. The molecule has 2 bridgehead atoms. The summed E-state index contributed by atoms with van der Waals surface area (Å²) in [5, 5.41) is 0. The first kappa shape index (κ1) is 16.0. The summed E-state index contributed by atoms with van der Waals surface area (Å²) in [4.78, 5) is 25.9. The molecule has 4 atom stereocenters. The molecule has 0 aromatic carbocycles. The van der Waals surface area contributed by atoms with Gasteiger partial charge in [0.05, 0.1) is 5.92 Å². The average Bonchev–Trinajstić information content (AvgIpc) is 2.85. The Morgan fingerprint density at radius 3 is 2.54 bits per heavy atom. The molecule has 2 aliphatic carbocycles. The Morgan fingerprint density at radius 2 is 1.92 bits per heavy atom. The second-order valence-electron chi connectivity index (χ2n) is 8.02. The molecule has 2 aliphatic heterocycles. The van der Waals surface area contributed by atoms with E-state index in [0.29, 0.717) is 5.92 Å². The van der Waals surface area contributed by atoms with E-state index < -0.39 is 0 Å². The van der Waals surface area contributed by atoms with Crippen molar-refractivity contribution in [3.05, 3.63) is 12.0 Å². The minimum absolute atomic E-state index is 0.0371. The van der Waals surface area contributed by atoms with Crippen molar-refractivity contribution in [2.45, 2.75) is 83.0 Å². The molecule has 2 saturated carbocycles. The molecule has 132 valence electrons. The van der Waals surface area contributed by atoms with Gasteiger partial charge < -0.3 is 14.4 Å². The predicted octanol–water partition coefficient (Wildman–Crippen LogP) is 3.14. The lowest BCUT2D eigenvalue weighted by Crippen LogP contribution is -2.48. The Morgan fingerprint density at radius 1 is 1.21 bits per heavy atom. The van der Waals surface area contributed by atoms with E-state index in [4.69, 9.17) is 9.47 Å². The van der Waals surface area contributed by atoms with Gasteiger partial charge in [-0.3, -0.25) is 9.59 Å². The lowest BCUT2D eigenvalue weighted by atomic mass is 9.77. The topological polar surface area (TPSA) is 55.8 Å². The Bertz CT molecular complexity index is 576. The zero-order valence-electron chi connectivity index (χ0n) is 14.6. The zero-order chi connectivity index (χ0) is 16.9. The summed E-state index contributed by atoms with van der Waals surface area (Å²) in [6.45, 7) is 3.12. The van der Waals surface area contributed by atoms with Gasteiger partial charge in [0.2, 0.25) is 5.91 Å². The van der Waals surface area contributed by atoms with Gasteiger partial charge in [-0.15, -0.1) is 0 Å². The van der Waals surface area contributed by atoms with Crippen LogP contribution in [0, 0.1) is 11.8 Å². The number of esters is 1. The number of carbonyl (C=O) groups is 2. The molecule has 1 unspecified atom stereocenters. The summed E-state index contributed by atoms with van der Waals surface area (Å²) in [6.07, 6.45) is 10.7. The first-order chi connectivity index (χ1) is 11.5. The molecule has 5 nitrogen and oxygen atoms in total. The maximum absolute atomic E-state index is 12.4. The van der Waals surface area contributed by atoms with Crippen molar-refractivity contribution in [1.29, 1.82) is 0 Å². The normalized spacial score (nSPS) is 36.6. The van der Waals surface area contributed by atoms with Crippen LogP contribution in [0.2, 0.25) is 0 Å². The third-order valence-corrected chi connectivity index (χ3v) is 6.46. The highest BCUT2D eigenvalue weighted by molar-refractivity contribution is 5.75. The van der Waals surface area contributed by atoms with E-state index in [0.717, 1.165) is 31.4 Å². The van der Waals surface area contributed by atoms with E-state index in [1.54, 1.807) is 6.92 Å². The van der Waals surface area contributed by atoms with Gasteiger partial charge in [-0.1, -0.05) is 25.7 Å². The Labute approximate surface area is 143 Å². The first-order valence-electron chi connectivity index (χ1n) is 9.36. The van der Waals surface area contributed by atoms with Gasteiger partial charge in [-0.2, -0.15) is 0 Å². The Balaban J connectivity index is 1.70. The van der Waals surface area contributed by atoms with Crippen molar-refractivity contribution >= 4 is 11.9 Å². The number of hydrogen-bond acceptors (Lipinski definition) is 4. The van der Waals surface area contributed by atoms with E-state index >= 15 is 0 Å². The van der Waals surface area contributed by atoms with Crippen LogP contribution in [0.1, 0.15) is 65.2 Å². The van der Waals surface area contributed by atoms with Gasteiger partial charge in [0.25, 0.3) is 0 Å². The molecule has 0 radical (unpaired) electrons. The summed E-state index contributed by atoms with van der Waals surface area (Å²) >= 11 is 0. The second kappa shape index (κ2) is 5.78. The van der Waals surface area contributed by atoms with Crippen LogP contribution in [0.3, 0.4) is 0 Å². The van der Waals surface area contributed by atoms with Crippen molar-refractivity contribution < 1.29 is 19.1 Å². The van der Waals surface area contributed by atoms with Crippen LogP contribution < -0.4 is 0 Å². The molecule has 1 saturated heterocycles. The molecule has 24 heavy (non-hydrogen) atoms. The molecule has 5 heteroatoms. The minimum atomic E-state index is -0.243. The highest BCUT2D eigenvalue weighted by Gasteiger charge is 2.59.